The van der Waals surface area contributed by atoms with E-state index in [4.69, 9.17) is 4.74 Å². The summed E-state index contributed by atoms with van der Waals surface area (Å²) in [4.78, 5) is 6.82. The zero-order valence-corrected chi connectivity index (χ0v) is 10.9. The zero-order valence-electron chi connectivity index (χ0n) is 10.9. The van der Waals surface area contributed by atoms with Gasteiger partial charge in [0.2, 0.25) is 0 Å². The van der Waals surface area contributed by atoms with E-state index in [-0.39, 0.29) is 0 Å². The van der Waals surface area contributed by atoms with Crippen LogP contribution in [0, 0.1) is 0 Å². The van der Waals surface area contributed by atoms with Crippen LogP contribution in [-0.4, -0.2) is 44.9 Å². The molecule has 92 valence electrons. The monoisotopic (exact) mass is 232 g/mol. The lowest BCUT2D eigenvalue weighted by Crippen LogP contribution is -2.17. The van der Waals surface area contributed by atoms with Crippen LogP contribution in [0.1, 0.15) is 12.8 Å². The summed E-state index contributed by atoms with van der Waals surface area (Å²) < 4.78 is 5.32. The molecule has 0 aromatic heterocycles. The molecule has 2 aliphatic rings. The molecule has 0 spiro atoms. The van der Waals surface area contributed by atoms with Crippen LogP contribution in [0.25, 0.3) is 0 Å². The van der Waals surface area contributed by atoms with E-state index in [1.54, 1.807) is 7.11 Å². The molecule has 0 fully saturated rings. The van der Waals surface area contributed by atoms with Gasteiger partial charge in [-0.25, -0.2) is 0 Å². The second-order valence-corrected chi connectivity index (χ2v) is 4.68. The molecule has 17 heavy (non-hydrogen) atoms. The molecule has 0 radical (unpaired) electrons. The number of allylic oxidation sites excluding steroid dienone is 4. The number of ether oxygens (including phenoxy) is 1. The molecule has 0 saturated heterocycles. The summed E-state index contributed by atoms with van der Waals surface area (Å²) in [6.07, 6.45) is 8.35. The Balaban J connectivity index is 1.97. The molecule has 2 aliphatic carbocycles. The van der Waals surface area contributed by atoms with Crippen LogP contribution >= 0.6 is 0 Å². The van der Waals surface area contributed by atoms with Crippen molar-refractivity contribution in [1.29, 1.82) is 0 Å². The normalized spacial score (nSPS) is 21.2. The van der Waals surface area contributed by atoms with Gasteiger partial charge in [-0.15, -0.1) is 0 Å². The minimum atomic E-state index is 0.892. The molecule has 3 heteroatoms. The first-order valence-electron chi connectivity index (χ1n) is 6.03. The fourth-order valence-electron chi connectivity index (χ4n) is 2.12. The van der Waals surface area contributed by atoms with Crippen LogP contribution in [-0.2, 0) is 4.74 Å². The third-order valence-corrected chi connectivity index (χ3v) is 3.09. The fourth-order valence-corrected chi connectivity index (χ4v) is 2.12. The topological polar surface area (TPSA) is 24.8 Å². The van der Waals surface area contributed by atoms with Crippen molar-refractivity contribution in [1.82, 2.24) is 4.90 Å². The highest BCUT2D eigenvalue weighted by molar-refractivity contribution is 5.91. The quantitative estimate of drug-likeness (QED) is 0.742. The Morgan fingerprint density at radius 2 is 2.18 bits per heavy atom. The molecule has 0 aliphatic heterocycles. The minimum absolute atomic E-state index is 0.892. The average Bonchev–Trinajstić information content (AvgIpc) is 2.70. The van der Waals surface area contributed by atoms with Gasteiger partial charge >= 0.3 is 0 Å². The number of aliphatic imine (C=N–C) groups is 1. The van der Waals surface area contributed by atoms with Gasteiger partial charge in [0.05, 0.1) is 13.7 Å². The molecular weight excluding hydrogens is 212 g/mol. The van der Waals surface area contributed by atoms with Crippen molar-refractivity contribution >= 4 is 5.71 Å². The van der Waals surface area contributed by atoms with Crippen molar-refractivity contribution in [3.63, 3.8) is 0 Å². The SMILES string of the molecule is COC1=CC=C2CC(=NCCN(C)C)CC=C21. The number of fused-ring (bicyclic) bond motifs is 1. The summed E-state index contributed by atoms with van der Waals surface area (Å²) in [5, 5.41) is 0. The van der Waals surface area contributed by atoms with Crippen LogP contribution in [0.15, 0.2) is 40.1 Å². The molecule has 0 atom stereocenters. The highest BCUT2D eigenvalue weighted by atomic mass is 16.5. The van der Waals surface area contributed by atoms with Crippen molar-refractivity contribution in [2.24, 2.45) is 4.99 Å². The number of nitrogens with zero attached hydrogens (tertiary/aromatic N) is 2. The van der Waals surface area contributed by atoms with Crippen LogP contribution in [0.2, 0.25) is 0 Å². The molecule has 3 nitrogen and oxygen atoms in total. The molecule has 0 N–H and O–H groups in total. The summed E-state index contributed by atoms with van der Waals surface area (Å²) in [5.41, 5.74) is 3.89. The Morgan fingerprint density at radius 3 is 2.88 bits per heavy atom. The van der Waals surface area contributed by atoms with Crippen molar-refractivity contribution < 1.29 is 4.74 Å². The smallest absolute Gasteiger partial charge is 0.126 e. The number of rotatable bonds is 4. The van der Waals surface area contributed by atoms with E-state index in [1.165, 1.54) is 16.9 Å². The van der Waals surface area contributed by atoms with E-state index in [1.807, 2.05) is 6.08 Å². The first-order chi connectivity index (χ1) is 8.20. The average molecular weight is 232 g/mol. The maximum atomic E-state index is 5.32. The number of likely N-dealkylation sites (N-methyl/N-ethyl adjacent to an activating group) is 1. The summed E-state index contributed by atoms with van der Waals surface area (Å²) in [7, 11) is 5.88. The standard InChI is InChI=1S/C14H20N2O/c1-16(2)9-8-15-12-5-6-13-11(10-12)4-7-14(13)17-3/h4,6-7H,5,8-10H2,1-3H3. The number of methoxy groups -OCH3 is 1. The summed E-state index contributed by atoms with van der Waals surface area (Å²) in [6, 6.07) is 0. The first-order valence-corrected chi connectivity index (χ1v) is 6.03. The number of hydrogen-bond donors (Lipinski definition) is 0. The Morgan fingerprint density at radius 1 is 1.35 bits per heavy atom. The van der Waals surface area contributed by atoms with Gasteiger partial charge in [-0.3, -0.25) is 4.99 Å². The lowest BCUT2D eigenvalue weighted by Gasteiger charge is -2.17. The summed E-state index contributed by atoms with van der Waals surface area (Å²) in [5.74, 6) is 0.993. The minimum Gasteiger partial charge on any atom is -0.496 e. The van der Waals surface area contributed by atoms with Gasteiger partial charge in [0.1, 0.15) is 5.76 Å². The summed E-state index contributed by atoms with van der Waals surface area (Å²) in [6.45, 7) is 1.91. The van der Waals surface area contributed by atoms with Crippen LogP contribution in [0.4, 0.5) is 0 Å². The van der Waals surface area contributed by atoms with E-state index < -0.39 is 0 Å². The van der Waals surface area contributed by atoms with Gasteiger partial charge in [-0.2, -0.15) is 0 Å². The van der Waals surface area contributed by atoms with E-state index in [0.29, 0.717) is 0 Å². The van der Waals surface area contributed by atoms with Gasteiger partial charge in [-0.1, -0.05) is 12.2 Å². The second kappa shape index (κ2) is 5.32. The molecule has 0 saturated carbocycles. The molecule has 0 unspecified atom stereocenters. The maximum absolute atomic E-state index is 5.32. The molecule has 0 aromatic rings. The van der Waals surface area contributed by atoms with Crippen LogP contribution in [0.5, 0.6) is 0 Å². The second-order valence-electron chi connectivity index (χ2n) is 4.68. The van der Waals surface area contributed by atoms with Crippen molar-refractivity contribution in [2.45, 2.75) is 12.8 Å². The van der Waals surface area contributed by atoms with Crippen molar-refractivity contribution in [3.05, 3.63) is 35.1 Å². The summed E-state index contributed by atoms with van der Waals surface area (Å²) >= 11 is 0. The van der Waals surface area contributed by atoms with Gasteiger partial charge in [0, 0.05) is 30.7 Å². The predicted octanol–water partition coefficient (Wildman–Crippen LogP) is 2.18. The Kier molecular flexibility index (Phi) is 3.79. The van der Waals surface area contributed by atoms with E-state index >= 15 is 0 Å². The van der Waals surface area contributed by atoms with Crippen molar-refractivity contribution in [3.8, 4) is 0 Å². The predicted molar refractivity (Wildman–Crippen MR) is 71.3 cm³/mol. The van der Waals surface area contributed by atoms with Gasteiger partial charge in [0.15, 0.2) is 0 Å². The Labute approximate surface area is 103 Å². The van der Waals surface area contributed by atoms with Gasteiger partial charge < -0.3 is 9.64 Å². The molecule has 0 bridgehead atoms. The lowest BCUT2D eigenvalue weighted by atomic mass is 9.94. The molecular formula is C14H20N2O. The Hall–Kier alpha value is -1.35. The van der Waals surface area contributed by atoms with Gasteiger partial charge in [-0.05, 0) is 25.7 Å². The van der Waals surface area contributed by atoms with Crippen LogP contribution in [0.3, 0.4) is 0 Å². The Bertz CT molecular complexity index is 414. The molecule has 0 heterocycles. The third kappa shape index (κ3) is 2.86. The molecule has 0 aromatic carbocycles. The van der Waals surface area contributed by atoms with E-state index in [9.17, 15) is 0 Å². The lowest BCUT2D eigenvalue weighted by molar-refractivity contribution is 0.303. The highest BCUT2D eigenvalue weighted by Gasteiger charge is 2.21. The highest BCUT2D eigenvalue weighted by Crippen LogP contribution is 2.33. The zero-order chi connectivity index (χ0) is 12.3. The largest absolute Gasteiger partial charge is 0.496 e. The van der Waals surface area contributed by atoms with Crippen LogP contribution < -0.4 is 0 Å². The first kappa shape index (κ1) is 12.1. The van der Waals surface area contributed by atoms with Crippen molar-refractivity contribution in [2.75, 3.05) is 34.3 Å². The molecule has 0 amide bonds. The molecule has 2 rings (SSSR count). The van der Waals surface area contributed by atoms with E-state index in [0.717, 1.165) is 31.7 Å². The maximum Gasteiger partial charge on any atom is 0.126 e. The number of hydrogen-bond acceptors (Lipinski definition) is 3. The fraction of sp³-hybridized carbons (Fsp3) is 0.500. The van der Waals surface area contributed by atoms with E-state index in [2.05, 4.69) is 36.1 Å². The third-order valence-electron chi connectivity index (χ3n) is 3.09. The van der Waals surface area contributed by atoms with Gasteiger partial charge in [0.25, 0.3) is 0 Å².